The minimum absolute atomic E-state index is 0.188. The summed E-state index contributed by atoms with van der Waals surface area (Å²) in [5.74, 6) is -1.68. The van der Waals surface area contributed by atoms with Crippen molar-refractivity contribution in [2.45, 2.75) is 12.5 Å². The number of hydrogen-bond acceptors (Lipinski definition) is 5. The van der Waals surface area contributed by atoms with Crippen molar-refractivity contribution in [2.75, 3.05) is 10.2 Å². The van der Waals surface area contributed by atoms with E-state index >= 15 is 0 Å². The quantitative estimate of drug-likeness (QED) is 0.640. The zero-order valence-electron chi connectivity index (χ0n) is 16.6. The van der Waals surface area contributed by atoms with E-state index in [1.165, 1.54) is 12.1 Å². The van der Waals surface area contributed by atoms with Crippen LogP contribution in [0.3, 0.4) is 0 Å². The second kappa shape index (κ2) is 7.73. The molecular weight excluding hydrogens is 413 g/mol. The number of hydrogen-bond donors (Lipinski definition) is 1. The Morgan fingerprint density at radius 3 is 2.41 bits per heavy atom. The number of benzene rings is 3. The van der Waals surface area contributed by atoms with Gasteiger partial charge in [0, 0.05) is 17.7 Å². The maximum atomic E-state index is 13.4. The van der Waals surface area contributed by atoms with Crippen molar-refractivity contribution in [3.8, 4) is 0 Å². The average Bonchev–Trinajstić information content (AvgIpc) is 3.38. The highest BCUT2D eigenvalue weighted by atomic mass is 19.1. The predicted octanol–water partition coefficient (Wildman–Crippen LogP) is 3.76. The zero-order valence-corrected chi connectivity index (χ0v) is 16.6. The van der Waals surface area contributed by atoms with E-state index in [-0.39, 0.29) is 6.42 Å². The molecule has 0 fully saturated rings. The monoisotopic (exact) mass is 429 g/mol. The van der Waals surface area contributed by atoms with Gasteiger partial charge in [-0.3, -0.25) is 14.4 Å². The lowest BCUT2D eigenvalue weighted by Crippen LogP contribution is -2.30. The van der Waals surface area contributed by atoms with Gasteiger partial charge in [-0.15, -0.1) is 0 Å². The van der Waals surface area contributed by atoms with Crippen molar-refractivity contribution >= 4 is 34.8 Å². The molecule has 32 heavy (non-hydrogen) atoms. The summed E-state index contributed by atoms with van der Waals surface area (Å²) in [5.41, 5.74) is 2.45. The van der Waals surface area contributed by atoms with E-state index in [1.807, 2.05) is 0 Å². The Balaban J connectivity index is 1.30. The zero-order chi connectivity index (χ0) is 22.2. The molecule has 1 atom stereocenters. The third-order valence-corrected chi connectivity index (χ3v) is 5.29. The summed E-state index contributed by atoms with van der Waals surface area (Å²) in [4.78, 5) is 44.4. The van der Waals surface area contributed by atoms with Crippen LogP contribution in [0.15, 0.2) is 78.0 Å². The van der Waals surface area contributed by atoms with Gasteiger partial charge in [-0.1, -0.05) is 35.5 Å². The summed E-state index contributed by atoms with van der Waals surface area (Å²) < 4.78 is 13.4. The third kappa shape index (κ3) is 3.41. The molecule has 3 aromatic carbocycles. The number of rotatable bonds is 4. The normalized spacial score (nSPS) is 17.1. The van der Waals surface area contributed by atoms with Gasteiger partial charge in [0.2, 0.25) is 6.10 Å². The van der Waals surface area contributed by atoms with Gasteiger partial charge in [-0.2, -0.15) is 0 Å². The first-order valence-corrected chi connectivity index (χ1v) is 9.88. The smallest absolute Gasteiger partial charge is 0.268 e. The van der Waals surface area contributed by atoms with E-state index in [4.69, 9.17) is 4.84 Å². The van der Waals surface area contributed by atoms with E-state index < -0.39 is 29.6 Å². The number of carbonyl (C=O) groups excluding carboxylic acids is 3. The molecule has 0 saturated heterocycles. The van der Waals surface area contributed by atoms with Crippen LogP contribution in [0, 0.1) is 5.82 Å². The summed E-state index contributed by atoms with van der Waals surface area (Å²) in [6, 6.07) is 19.0. The fourth-order valence-electron chi connectivity index (χ4n) is 3.73. The third-order valence-electron chi connectivity index (χ3n) is 5.29. The molecule has 0 bridgehead atoms. The fraction of sp³-hybridized carbons (Fsp3) is 0.0833. The molecule has 5 rings (SSSR count). The molecule has 2 aliphatic heterocycles. The first-order valence-electron chi connectivity index (χ1n) is 9.88. The number of oxime groups is 1. The Labute approximate surface area is 182 Å². The van der Waals surface area contributed by atoms with Gasteiger partial charge in [-0.05, 0) is 42.5 Å². The van der Waals surface area contributed by atoms with E-state index in [9.17, 15) is 18.8 Å². The van der Waals surface area contributed by atoms with Gasteiger partial charge in [0.1, 0.15) is 5.82 Å². The van der Waals surface area contributed by atoms with Crippen molar-refractivity contribution in [2.24, 2.45) is 5.16 Å². The van der Waals surface area contributed by atoms with E-state index in [2.05, 4.69) is 10.5 Å². The van der Waals surface area contributed by atoms with Crippen LogP contribution < -0.4 is 10.2 Å². The summed E-state index contributed by atoms with van der Waals surface area (Å²) >= 11 is 0. The number of carbonyl (C=O) groups is 3. The lowest BCUT2D eigenvalue weighted by molar-refractivity contribution is -0.125. The molecular formula is C24H16FN3O4. The second-order valence-corrected chi connectivity index (χ2v) is 7.38. The van der Waals surface area contributed by atoms with E-state index in [1.54, 1.807) is 60.7 Å². The molecule has 3 aromatic rings. The summed E-state index contributed by atoms with van der Waals surface area (Å²) in [5, 5.41) is 6.63. The van der Waals surface area contributed by atoms with Crippen molar-refractivity contribution < 1.29 is 23.6 Å². The Kier molecular flexibility index (Phi) is 4.74. The molecule has 0 saturated carbocycles. The van der Waals surface area contributed by atoms with Gasteiger partial charge >= 0.3 is 0 Å². The fourth-order valence-corrected chi connectivity index (χ4v) is 3.73. The summed E-state index contributed by atoms with van der Waals surface area (Å²) in [6.45, 7) is 0. The van der Waals surface area contributed by atoms with E-state index in [0.717, 1.165) is 4.90 Å². The van der Waals surface area contributed by atoms with E-state index in [0.29, 0.717) is 33.8 Å². The molecule has 0 radical (unpaired) electrons. The van der Waals surface area contributed by atoms with Gasteiger partial charge in [-0.25, -0.2) is 9.29 Å². The Morgan fingerprint density at radius 1 is 0.969 bits per heavy atom. The lowest BCUT2D eigenvalue weighted by Gasteiger charge is -2.16. The summed E-state index contributed by atoms with van der Waals surface area (Å²) in [7, 11) is 0. The number of amides is 3. The Morgan fingerprint density at radius 2 is 1.69 bits per heavy atom. The van der Waals surface area contributed by atoms with Gasteiger partial charge in [0.15, 0.2) is 0 Å². The van der Waals surface area contributed by atoms with Crippen LogP contribution in [0.5, 0.6) is 0 Å². The van der Waals surface area contributed by atoms with Crippen LogP contribution in [-0.2, 0) is 9.63 Å². The van der Waals surface area contributed by atoms with Crippen molar-refractivity contribution in [1.29, 1.82) is 0 Å². The van der Waals surface area contributed by atoms with Crippen LogP contribution >= 0.6 is 0 Å². The van der Waals surface area contributed by atoms with Gasteiger partial charge < -0.3 is 10.2 Å². The highest BCUT2D eigenvalue weighted by Crippen LogP contribution is 2.30. The van der Waals surface area contributed by atoms with Crippen molar-refractivity contribution in [3.63, 3.8) is 0 Å². The van der Waals surface area contributed by atoms with Crippen LogP contribution in [0.25, 0.3) is 0 Å². The number of nitrogens with zero attached hydrogens (tertiary/aromatic N) is 2. The molecule has 8 heteroatoms. The maximum Gasteiger partial charge on any atom is 0.268 e. The van der Waals surface area contributed by atoms with Crippen molar-refractivity contribution in [3.05, 3.63) is 95.3 Å². The largest absolute Gasteiger partial charge is 0.382 e. The minimum Gasteiger partial charge on any atom is -0.382 e. The predicted molar refractivity (Wildman–Crippen MR) is 115 cm³/mol. The molecule has 0 spiro atoms. The Bertz CT molecular complexity index is 1270. The number of nitrogens with one attached hydrogen (secondary N) is 1. The van der Waals surface area contributed by atoms with Crippen LogP contribution in [0.1, 0.15) is 32.7 Å². The maximum absolute atomic E-state index is 13.4. The highest BCUT2D eigenvalue weighted by molar-refractivity contribution is 6.34. The molecule has 2 aliphatic rings. The lowest BCUT2D eigenvalue weighted by atomic mass is 10.0. The SMILES string of the molecule is O=C(Nc1cccc(N2C(=O)c3ccccc3C2=O)c1)C1CC(c2cccc(F)c2)=NO1. The topological polar surface area (TPSA) is 88.1 Å². The molecule has 1 N–H and O–H groups in total. The standard InChI is InChI=1S/C24H16FN3O4/c25-15-6-3-5-14(11-15)20-13-21(32-27-20)22(29)26-16-7-4-8-17(12-16)28-23(30)18-9-1-2-10-19(18)24(28)31/h1-12,21H,13H2,(H,26,29). The number of anilines is 2. The van der Waals surface area contributed by atoms with Gasteiger partial charge in [0.05, 0.1) is 22.5 Å². The van der Waals surface area contributed by atoms with Crippen LogP contribution in [-0.4, -0.2) is 29.5 Å². The molecule has 7 nitrogen and oxygen atoms in total. The molecule has 0 aromatic heterocycles. The Hall–Kier alpha value is -4.33. The first kappa shape index (κ1) is 19.6. The summed E-state index contributed by atoms with van der Waals surface area (Å²) in [6.07, 6.45) is -0.691. The van der Waals surface area contributed by atoms with Crippen LogP contribution in [0.2, 0.25) is 0 Å². The van der Waals surface area contributed by atoms with Crippen LogP contribution in [0.4, 0.5) is 15.8 Å². The van der Waals surface area contributed by atoms with Crippen molar-refractivity contribution in [1.82, 2.24) is 0 Å². The van der Waals surface area contributed by atoms with Gasteiger partial charge in [0.25, 0.3) is 17.7 Å². The average molecular weight is 429 g/mol. The number of fused-ring (bicyclic) bond motifs is 1. The molecule has 2 heterocycles. The minimum atomic E-state index is -0.878. The molecule has 1 unspecified atom stereocenters. The number of halogens is 1. The second-order valence-electron chi connectivity index (χ2n) is 7.38. The number of imide groups is 1. The molecule has 0 aliphatic carbocycles. The first-order chi connectivity index (χ1) is 15.5. The molecule has 158 valence electrons. The highest BCUT2D eigenvalue weighted by Gasteiger charge is 2.36. The molecule has 3 amide bonds.